The van der Waals surface area contributed by atoms with Gasteiger partial charge in [-0.15, -0.1) is 0 Å². The number of benzene rings is 2. The van der Waals surface area contributed by atoms with Gasteiger partial charge in [0.15, 0.2) is 5.58 Å². The van der Waals surface area contributed by atoms with E-state index in [1.165, 1.54) is 18.3 Å². The average Bonchev–Trinajstić information content (AvgIpc) is 2.62. The SMILES string of the molecule is CCOC(=O)c1c[nH]c2cc3c(=O)c4cccc(Cl)c4oc3cc2c1=O. The second kappa shape index (κ2) is 6.00. The summed E-state index contributed by atoms with van der Waals surface area (Å²) in [6.45, 7) is 1.82. The molecule has 0 aliphatic rings. The molecule has 2 aromatic carbocycles. The van der Waals surface area contributed by atoms with Crippen LogP contribution in [-0.2, 0) is 4.74 Å². The quantitative estimate of drug-likeness (QED) is 0.430. The zero-order valence-corrected chi connectivity index (χ0v) is 14.3. The predicted molar refractivity (Wildman–Crippen MR) is 99.1 cm³/mol. The van der Waals surface area contributed by atoms with E-state index in [0.717, 1.165) is 0 Å². The van der Waals surface area contributed by atoms with Crippen LogP contribution in [0.25, 0.3) is 32.8 Å². The maximum atomic E-state index is 12.7. The Bertz CT molecular complexity index is 1320. The van der Waals surface area contributed by atoms with Gasteiger partial charge in [-0.05, 0) is 31.2 Å². The molecule has 0 bridgehead atoms. The van der Waals surface area contributed by atoms with E-state index in [1.54, 1.807) is 25.1 Å². The van der Waals surface area contributed by atoms with Crippen molar-refractivity contribution >= 4 is 50.4 Å². The second-order valence-corrected chi connectivity index (χ2v) is 6.10. The van der Waals surface area contributed by atoms with Gasteiger partial charge in [-0.2, -0.15) is 0 Å². The van der Waals surface area contributed by atoms with E-state index >= 15 is 0 Å². The van der Waals surface area contributed by atoms with Crippen molar-refractivity contribution in [2.45, 2.75) is 6.92 Å². The molecule has 0 saturated carbocycles. The molecule has 4 rings (SSSR count). The fourth-order valence-corrected chi connectivity index (χ4v) is 3.13. The minimum absolute atomic E-state index is 0.111. The smallest absolute Gasteiger partial charge is 0.343 e. The van der Waals surface area contributed by atoms with Crippen molar-refractivity contribution in [1.29, 1.82) is 0 Å². The molecular formula is C19H12ClNO5. The molecule has 0 radical (unpaired) electrons. The van der Waals surface area contributed by atoms with Crippen LogP contribution in [0.15, 0.2) is 50.5 Å². The van der Waals surface area contributed by atoms with Gasteiger partial charge in [-0.1, -0.05) is 17.7 Å². The van der Waals surface area contributed by atoms with E-state index in [-0.39, 0.29) is 34.2 Å². The number of para-hydroxylation sites is 1. The number of rotatable bonds is 2. The predicted octanol–water partition coefficient (Wildman–Crippen LogP) is 3.62. The van der Waals surface area contributed by atoms with Crippen LogP contribution in [-0.4, -0.2) is 17.6 Å². The maximum absolute atomic E-state index is 12.7. The van der Waals surface area contributed by atoms with Crippen LogP contribution in [0.2, 0.25) is 5.02 Å². The van der Waals surface area contributed by atoms with Crippen LogP contribution in [0.3, 0.4) is 0 Å². The Morgan fingerprint density at radius 1 is 1.15 bits per heavy atom. The van der Waals surface area contributed by atoms with Gasteiger partial charge >= 0.3 is 5.97 Å². The number of halogens is 1. The van der Waals surface area contributed by atoms with Crippen LogP contribution >= 0.6 is 11.6 Å². The van der Waals surface area contributed by atoms with E-state index in [0.29, 0.717) is 21.3 Å². The summed E-state index contributed by atoms with van der Waals surface area (Å²) in [5, 5.41) is 1.19. The Hall–Kier alpha value is -3.12. The van der Waals surface area contributed by atoms with Crippen LogP contribution in [0.5, 0.6) is 0 Å². The third-order valence-electron chi connectivity index (χ3n) is 4.14. The van der Waals surface area contributed by atoms with Gasteiger partial charge in [0.1, 0.15) is 11.1 Å². The molecule has 0 unspecified atom stereocenters. The van der Waals surface area contributed by atoms with Crippen molar-refractivity contribution in [3.8, 4) is 0 Å². The monoisotopic (exact) mass is 369 g/mol. The third-order valence-corrected chi connectivity index (χ3v) is 4.44. The number of hydrogen-bond donors (Lipinski definition) is 1. The highest BCUT2D eigenvalue weighted by atomic mass is 35.5. The lowest BCUT2D eigenvalue weighted by Crippen LogP contribution is -2.18. The number of esters is 1. The van der Waals surface area contributed by atoms with Crippen molar-refractivity contribution < 1.29 is 13.9 Å². The van der Waals surface area contributed by atoms with Crippen molar-refractivity contribution in [1.82, 2.24) is 4.98 Å². The molecule has 0 saturated heterocycles. The molecule has 2 heterocycles. The van der Waals surface area contributed by atoms with Gasteiger partial charge < -0.3 is 14.1 Å². The Kier molecular flexibility index (Phi) is 3.77. The van der Waals surface area contributed by atoms with Gasteiger partial charge in [0, 0.05) is 6.20 Å². The Morgan fingerprint density at radius 3 is 2.73 bits per heavy atom. The largest absolute Gasteiger partial charge is 0.462 e. The Labute approximate surface area is 150 Å². The highest BCUT2D eigenvalue weighted by molar-refractivity contribution is 6.34. The first-order valence-electron chi connectivity index (χ1n) is 7.89. The number of nitrogens with one attached hydrogen (secondary N) is 1. The standard InChI is InChI=1S/C19H12ClNO5/c1-2-25-19(24)12-8-21-14-6-11-15(7-10(14)17(12)23)26-18-9(16(11)22)4-3-5-13(18)20/h3-8H,2H2,1H3,(H,21,23). The van der Waals surface area contributed by atoms with Crippen molar-refractivity contribution in [3.63, 3.8) is 0 Å². The zero-order valence-electron chi connectivity index (χ0n) is 13.6. The summed E-state index contributed by atoms with van der Waals surface area (Å²) in [7, 11) is 0. The summed E-state index contributed by atoms with van der Waals surface area (Å²) in [6.07, 6.45) is 1.29. The first-order valence-corrected chi connectivity index (χ1v) is 8.26. The van der Waals surface area contributed by atoms with E-state index in [1.807, 2.05) is 0 Å². The topological polar surface area (TPSA) is 89.4 Å². The molecule has 4 aromatic rings. The number of carbonyl (C=O) groups is 1. The highest BCUT2D eigenvalue weighted by Gasteiger charge is 2.17. The highest BCUT2D eigenvalue weighted by Crippen LogP contribution is 2.26. The van der Waals surface area contributed by atoms with Crippen molar-refractivity contribution in [2.75, 3.05) is 6.61 Å². The van der Waals surface area contributed by atoms with Gasteiger partial charge in [-0.3, -0.25) is 9.59 Å². The molecule has 130 valence electrons. The first-order chi connectivity index (χ1) is 12.5. The van der Waals surface area contributed by atoms with E-state index in [2.05, 4.69) is 4.98 Å². The number of ether oxygens (including phenoxy) is 1. The fraction of sp³-hybridized carbons (Fsp3) is 0.105. The zero-order chi connectivity index (χ0) is 18.4. The van der Waals surface area contributed by atoms with Gasteiger partial charge in [0.2, 0.25) is 10.9 Å². The summed E-state index contributed by atoms with van der Waals surface area (Å²) in [5.74, 6) is -0.709. The van der Waals surface area contributed by atoms with Crippen molar-refractivity contribution in [2.24, 2.45) is 0 Å². The molecule has 0 fully saturated rings. The van der Waals surface area contributed by atoms with Crippen LogP contribution in [0.1, 0.15) is 17.3 Å². The molecular weight excluding hydrogens is 358 g/mol. The molecule has 0 spiro atoms. The summed E-state index contributed by atoms with van der Waals surface area (Å²) >= 11 is 6.12. The molecule has 7 heteroatoms. The molecule has 0 amide bonds. The number of H-pyrrole nitrogens is 1. The number of pyridine rings is 1. The number of aromatic nitrogens is 1. The third kappa shape index (κ3) is 2.38. The number of fused-ring (bicyclic) bond motifs is 3. The summed E-state index contributed by atoms with van der Waals surface area (Å²) in [6, 6.07) is 7.89. The molecule has 26 heavy (non-hydrogen) atoms. The fourth-order valence-electron chi connectivity index (χ4n) is 2.92. The minimum atomic E-state index is -0.709. The van der Waals surface area contributed by atoms with Gasteiger partial charge in [-0.25, -0.2) is 4.79 Å². The number of hydrogen-bond acceptors (Lipinski definition) is 5. The molecule has 6 nitrogen and oxygen atoms in total. The maximum Gasteiger partial charge on any atom is 0.343 e. The summed E-state index contributed by atoms with van der Waals surface area (Å²) in [5.41, 5.74) is 0.0321. The van der Waals surface area contributed by atoms with Gasteiger partial charge in [0.05, 0.1) is 33.3 Å². The lowest BCUT2D eigenvalue weighted by molar-refractivity contribution is 0.0524. The molecule has 1 N–H and O–H groups in total. The normalized spacial score (nSPS) is 11.3. The van der Waals surface area contributed by atoms with E-state index < -0.39 is 11.4 Å². The van der Waals surface area contributed by atoms with Gasteiger partial charge in [0.25, 0.3) is 0 Å². The summed E-state index contributed by atoms with van der Waals surface area (Å²) < 4.78 is 10.7. The summed E-state index contributed by atoms with van der Waals surface area (Å²) in [4.78, 5) is 40.2. The lowest BCUT2D eigenvalue weighted by atomic mass is 10.1. The van der Waals surface area contributed by atoms with E-state index in [4.69, 9.17) is 20.8 Å². The average molecular weight is 370 g/mol. The van der Waals surface area contributed by atoms with Crippen molar-refractivity contribution in [3.05, 3.63) is 67.6 Å². The van der Waals surface area contributed by atoms with Crippen LogP contribution in [0, 0.1) is 0 Å². The minimum Gasteiger partial charge on any atom is -0.462 e. The Morgan fingerprint density at radius 2 is 1.96 bits per heavy atom. The number of aromatic amines is 1. The molecule has 2 aromatic heterocycles. The van der Waals surface area contributed by atoms with Crippen LogP contribution < -0.4 is 10.9 Å². The van der Waals surface area contributed by atoms with E-state index in [9.17, 15) is 14.4 Å². The molecule has 0 atom stereocenters. The second-order valence-electron chi connectivity index (χ2n) is 5.69. The van der Waals surface area contributed by atoms with Crippen LogP contribution in [0.4, 0.5) is 0 Å². The molecule has 0 aliphatic heterocycles. The number of carbonyl (C=O) groups excluding carboxylic acids is 1. The first kappa shape index (κ1) is 16.4. The lowest BCUT2D eigenvalue weighted by Gasteiger charge is -2.06. The Balaban J connectivity index is 2.10. The molecule has 0 aliphatic carbocycles.